The number of halogens is 1. The fraction of sp³-hybridized carbons (Fsp3) is 0.562. The second-order valence-corrected chi connectivity index (χ2v) is 6.00. The van der Waals surface area contributed by atoms with Gasteiger partial charge in [0.1, 0.15) is 6.10 Å². The van der Waals surface area contributed by atoms with Crippen molar-refractivity contribution < 1.29 is 19.0 Å². The molecule has 21 heavy (non-hydrogen) atoms. The number of methoxy groups -OCH3 is 1. The lowest BCUT2D eigenvalue weighted by molar-refractivity contribution is -0.199. The molecule has 0 N–H and O–H groups in total. The molecule has 0 radical (unpaired) electrons. The number of hydrogen-bond acceptors (Lipinski definition) is 4. The number of carbonyl (C=O) groups is 1. The molecule has 3 rings (SSSR count). The summed E-state index contributed by atoms with van der Waals surface area (Å²) in [4.78, 5) is 12.1. The number of hydrogen-bond donors (Lipinski definition) is 0. The fourth-order valence-electron chi connectivity index (χ4n) is 3.16. The first-order chi connectivity index (χ1) is 10.2. The molecule has 1 saturated heterocycles. The van der Waals surface area contributed by atoms with Crippen molar-refractivity contribution in [1.82, 2.24) is 0 Å². The van der Waals surface area contributed by atoms with Crippen molar-refractivity contribution in [2.45, 2.75) is 50.1 Å². The van der Waals surface area contributed by atoms with E-state index in [0.717, 1.165) is 31.2 Å². The molecule has 114 valence electrons. The molecule has 0 amide bonds. The van der Waals surface area contributed by atoms with Gasteiger partial charge in [-0.15, -0.1) is 0 Å². The topological polar surface area (TPSA) is 44.8 Å². The van der Waals surface area contributed by atoms with Gasteiger partial charge in [-0.05, 0) is 18.9 Å². The lowest BCUT2D eigenvalue weighted by atomic mass is 9.94. The van der Waals surface area contributed by atoms with Crippen molar-refractivity contribution in [1.29, 1.82) is 0 Å². The highest BCUT2D eigenvalue weighted by molar-refractivity contribution is 6.31. The molecule has 1 aliphatic carbocycles. The van der Waals surface area contributed by atoms with Gasteiger partial charge in [0, 0.05) is 23.4 Å². The third kappa shape index (κ3) is 2.80. The van der Waals surface area contributed by atoms with Crippen molar-refractivity contribution in [3.05, 3.63) is 34.9 Å². The minimum absolute atomic E-state index is 0.414. The number of ether oxygens (including phenoxy) is 3. The molecule has 1 heterocycles. The van der Waals surface area contributed by atoms with E-state index in [1.165, 1.54) is 13.5 Å². The lowest BCUT2D eigenvalue weighted by Crippen LogP contribution is -2.35. The lowest BCUT2D eigenvalue weighted by Gasteiger charge is -2.31. The van der Waals surface area contributed by atoms with E-state index in [1.54, 1.807) is 6.07 Å². The molecule has 0 aromatic heterocycles. The van der Waals surface area contributed by atoms with Crippen molar-refractivity contribution >= 4 is 17.6 Å². The normalized spacial score (nSPS) is 27.7. The van der Waals surface area contributed by atoms with Gasteiger partial charge in [0.2, 0.25) is 0 Å². The molecule has 2 atom stereocenters. The highest BCUT2D eigenvalue weighted by Crippen LogP contribution is 2.47. The van der Waals surface area contributed by atoms with Gasteiger partial charge in [-0.25, -0.2) is 4.79 Å². The molecule has 1 aromatic carbocycles. The molecule has 1 spiro atoms. The minimum Gasteiger partial charge on any atom is -0.467 e. The maximum Gasteiger partial charge on any atom is 0.338 e. The molecule has 2 fully saturated rings. The predicted octanol–water partition coefficient (Wildman–Crippen LogP) is 3.63. The van der Waals surface area contributed by atoms with Crippen LogP contribution in [0.15, 0.2) is 24.3 Å². The van der Waals surface area contributed by atoms with Gasteiger partial charge < -0.3 is 14.2 Å². The Morgan fingerprint density at radius 1 is 1.24 bits per heavy atom. The Bertz CT molecular complexity index is 525. The molecule has 1 aliphatic heterocycles. The summed E-state index contributed by atoms with van der Waals surface area (Å²) < 4.78 is 17.1. The Morgan fingerprint density at radius 3 is 2.62 bits per heavy atom. The van der Waals surface area contributed by atoms with Crippen LogP contribution < -0.4 is 0 Å². The smallest absolute Gasteiger partial charge is 0.338 e. The zero-order chi connectivity index (χ0) is 14.9. The summed E-state index contributed by atoms with van der Waals surface area (Å²) in [5.41, 5.74) is 0.775. The molecule has 1 saturated carbocycles. The first kappa shape index (κ1) is 14.8. The van der Waals surface area contributed by atoms with Crippen molar-refractivity contribution in [2.75, 3.05) is 7.11 Å². The zero-order valence-electron chi connectivity index (χ0n) is 12.0. The summed E-state index contributed by atoms with van der Waals surface area (Å²) in [7, 11) is 1.36. The largest absolute Gasteiger partial charge is 0.467 e. The number of benzene rings is 1. The van der Waals surface area contributed by atoms with Gasteiger partial charge in [-0.3, -0.25) is 0 Å². The zero-order valence-corrected chi connectivity index (χ0v) is 12.8. The molecular weight excluding hydrogens is 292 g/mol. The van der Waals surface area contributed by atoms with Crippen LogP contribution in [0.5, 0.6) is 0 Å². The Labute approximate surface area is 129 Å². The first-order valence-corrected chi connectivity index (χ1v) is 7.71. The van der Waals surface area contributed by atoms with E-state index in [2.05, 4.69) is 0 Å². The average Bonchev–Trinajstić information content (AvgIpc) is 2.86. The van der Waals surface area contributed by atoms with Crippen LogP contribution >= 0.6 is 11.6 Å². The summed E-state index contributed by atoms with van der Waals surface area (Å²) in [6.45, 7) is 0. The SMILES string of the molecule is COC(=O)[C@H]1OC2(CCCCC2)O[C@@H]1c1ccccc1Cl. The van der Waals surface area contributed by atoms with E-state index < -0.39 is 24.0 Å². The van der Waals surface area contributed by atoms with Gasteiger partial charge >= 0.3 is 5.97 Å². The second kappa shape index (κ2) is 5.95. The highest BCUT2D eigenvalue weighted by Gasteiger charge is 2.52. The van der Waals surface area contributed by atoms with Crippen LogP contribution in [0, 0.1) is 0 Å². The molecule has 2 aliphatic rings. The number of carbonyl (C=O) groups excluding carboxylic acids is 1. The van der Waals surface area contributed by atoms with Crippen molar-refractivity contribution in [3.8, 4) is 0 Å². The number of esters is 1. The monoisotopic (exact) mass is 310 g/mol. The molecule has 1 aromatic rings. The average molecular weight is 311 g/mol. The van der Waals surface area contributed by atoms with E-state index in [1.807, 2.05) is 18.2 Å². The standard InChI is InChI=1S/C16H19ClO4/c1-19-15(18)14-13(11-7-3-4-8-12(11)17)20-16(21-14)9-5-2-6-10-16/h3-4,7-8,13-14H,2,5-6,9-10H2,1H3/t13-,14+/m1/s1. The Hall–Kier alpha value is -1.10. The Morgan fingerprint density at radius 2 is 1.95 bits per heavy atom. The Kier molecular flexibility index (Phi) is 4.20. The summed E-state index contributed by atoms with van der Waals surface area (Å²) >= 11 is 6.26. The van der Waals surface area contributed by atoms with Gasteiger partial charge in [-0.1, -0.05) is 36.2 Å². The van der Waals surface area contributed by atoms with Crippen molar-refractivity contribution in [3.63, 3.8) is 0 Å². The maximum absolute atomic E-state index is 12.1. The number of rotatable bonds is 2. The van der Waals surface area contributed by atoms with Gasteiger partial charge in [-0.2, -0.15) is 0 Å². The maximum atomic E-state index is 12.1. The molecule has 0 unspecified atom stereocenters. The van der Waals surface area contributed by atoms with E-state index in [0.29, 0.717) is 5.02 Å². The summed E-state index contributed by atoms with van der Waals surface area (Å²) in [5, 5.41) is 0.577. The van der Waals surface area contributed by atoms with Crippen LogP contribution in [-0.2, 0) is 19.0 Å². The minimum atomic E-state index is -0.756. The molecule has 5 heteroatoms. The van der Waals surface area contributed by atoms with Crippen LogP contribution in [-0.4, -0.2) is 25.0 Å². The first-order valence-electron chi connectivity index (χ1n) is 7.33. The van der Waals surface area contributed by atoms with E-state index >= 15 is 0 Å². The van der Waals surface area contributed by atoms with E-state index in [4.69, 9.17) is 25.8 Å². The third-order valence-corrected chi connectivity index (χ3v) is 4.56. The molecule has 0 bridgehead atoms. The van der Waals surface area contributed by atoms with Gasteiger partial charge in [0.25, 0.3) is 0 Å². The summed E-state index contributed by atoms with van der Waals surface area (Å²) in [6.07, 6.45) is 3.61. The van der Waals surface area contributed by atoms with E-state index in [-0.39, 0.29) is 0 Å². The van der Waals surface area contributed by atoms with Gasteiger partial charge in [0.05, 0.1) is 7.11 Å². The van der Waals surface area contributed by atoms with Crippen LogP contribution in [0.25, 0.3) is 0 Å². The quantitative estimate of drug-likeness (QED) is 0.782. The van der Waals surface area contributed by atoms with Crippen LogP contribution in [0.3, 0.4) is 0 Å². The molecule has 4 nitrogen and oxygen atoms in total. The second-order valence-electron chi connectivity index (χ2n) is 5.59. The molecular formula is C16H19ClO4. The predicted molar refractivity (Wildman–Crippen MR) is 78.0 cm³/mol. The highest BCUT2D eigenvalue weighted by atomic mass is 35.5. The van der Waals surface area contributed by atoms with Crippen LogP contribution in [0.1, 0.15) is 43.8 Å². The van der Waals surface area contributed by atoms with Crippen LogP contribution in [0.2, 0.25) is 5.02 Å². The summed E-state index contributed by atoms with van der Waals surface area (Å²) in [5.74, 6) is -1.08. The van der Waals surface area contributed by atoms with Crippen LogP contribution in [0.4, 0.5) is 0 Å². The fourth-order valence-corrected chi connectivity index (χ4v) is 3.40. The van der Waals surface area contributed by atoms with Gasteiger partial charge in [0.15, 0.2) is 11.9 Å². The summed E-state index contributed by atoms with van der Waals surface area (Å²) in [6, 6.07) is 7.39. The van der Waals surface area contributed by atoms with Crippen molar-refractivity contribution in [2.24, 2.45) is 0 Å². The Balaban J connectivity index is 1.92. The third-order valence-electron chi connectivity index (χ3n) is 4.22. The van der Waals surface area contributed by atoms with E-state index in [9.17, 15) is 4.79 Å².